The molecule has 2 aromatic rings. The van der Waals surface area contributed by atoms with Gasteiger partial charge in [-0.3, -0.25) is 4.79 Å². The highest BCUT2D eigenvalue weighted by Gasteiger charge is 2.22. The summed E-state index contributed by atoms with van der Waals surface area (Å²) in [7, 11) is 0. The van der Waals surface area contributed by atoms with Crippen LogP contribution in [0.25, 0.3) is 10.8 Å². The van der Waals surface area contributed by atoms with Crippen LogP contribution in [-0.4, -0.2) is 5.78 Å². The molecule has 2 aromatic carbocycles. The fourth-order valence-electron chi connectivity index (χ4n) is 2.25. The molecule has 17 heavy (non-hydrogen) atoms. The zero-order valence-electron chi connectivity index (χ0n) is 9.86. The van der Waals surface area contributed by atoms with E-state index in [9.17, 15) is 4.79 Å². The first-order chi connectivity index (χ1) is 8.33. The molecule has 0 aromatic heterocycles. The van der Waals surface area contributed by atoms with Gasteiger partial charge in [0.1, 0.15) is 0 Å². The van der Waals surface area contributed by atoms with E-state index in [1.807, 2.05) is 30.3 Å². The van der Waals surface area contributed by atoms with Gasteiger partial charge in [-0.1, -0.05) is 49.2 Å². The summed E-state index contributed by atoms with van der Waals surface area (Å²) in [6.45, 7) is 0. The number of hydrogen-bond acceptors (Lipinski definition) is 1. The highest BCUT2D eigenvalue weighted by atomic mass is 16.1. The first-order valence-electron chi connectivity index (χ1n) is 6.35. The van der Waals surface area contributed by atoms with Crippen molar-refractivity contribution in [2.45, 2.75) is 25.7 Å². The molecule has 86 valence electrons. The third-order valence-electron chi connectivity index (χ3n) is 3.55. The molecular weight excluding hydrogens is 208 g/mol. The van der Waals surface area contributed by atoms with Crippen LogP contribution in [0.2, 0.25) is 0 Å². The van der Waals surface area contributed by atoms with Gasteiger partial charge in [-0.05, 0) is 29.2 Å². The molecule has 3 rings (SSSR count). The molecule has 1 aliphatic rings. The molecule has 1 nitrogen and oxygen atoms in total. The second-order valence-corrected chi connectivity index (χ2v) is 4.97. The predicted octanol–water partition coefficient (Wildman–Crippen LogP) is 4.21. The largest absolute Gasteiger partial charge is 0.294 e. The summed E-state index contributed by atoms with van der Waals surface area (Å²) >= 11 is 0. The molecule has 0 heterocycles. The molecule has 0 amide bonds. The maximum atomic E-state index is 12.0. The standard InChI is InChI=1S/C16H16O/c17-16(10-7-12-5-6-12)15-9-8-13-3-1-2-4-14(13)11-15/h1-4,8-9,11-12H,5-7,10H2. The minimum Gasteiger partial charge on any atom is -0.294 e. The Hall–Kier alpha value is -1.63. The van der Waals surface area contributed by atoms with E-state index in [1.165, 1.54) is 18.2 Å². The molecule has 0 radical (unpaired) electrons. The Morgan fingerprint density at radius 3 is 2.59 bits per heavy atom. The van der Waals surface area contributed by atoms with Gasteiger partial charge in [0.15, 0.2) is 5.78 Å². The molecule has 1 aliphatic carbocycles. The first kappa shape index (κ1) is 10.5. The van der Waals surface area contributed by atoms with Crippen LogP contribution in [0.4, 0.5) is 0 Å². The van der Waals surface area contributed by atoms with Crippen LogP contribution in [0.1, 0.15) is 36.0 Å². The quantitative estimate of drug-likeness (QED) is 0.711. The van der Waals surface area contributed by atoms with E-state index in [-0.39, 0.29) is 0 Å². The van der Waals surface area contributed by atoms with Crippen molar-refractivity contribution in [3.8, 4) is 0 Å². The normalized spacial score (nSPS) is 15.1. The number of rotatable bonds is 4. The van der Waals surface area contributed by atoms with Gasteiger partial charge in [-0.15, -0.1) is 0 Å². The average molecular weight is 224 g/mol. The average Bonchev–Trinajstić information content (AvgIpc) is 3.19. The van der Waals surface area contributed by atoms with Crippen molar-refractivity contribution in [1.29, 1.82) is 0 Å². The third kappa shape index (κ3) is 2.38. The van der Waals surface area contributed by atoms with Crippen LogP contribution >= 0.6 is 0 Å². The van der Waals surface area contributed by atoms with Gasteiger partial charge in [0.25, 0.3) is 0 Å². The lowest BCUT2D eigenvalue weighted by molar-refractivity contribution is 0.0978. The zero-order valence-corrected chi connectivity index (χ0v) is 9.86. The van der Waals surface area contributed by atoms with Gasteiger partial charge < -0.3 is 0 Å². The van der Waals surface area contributed by atoms with E-state index in [0.717, 1.165) is 23.3 Å². The minimum absolute atomic E-state index is 0.294. The van der Waals surface area contributed by atoms with Crippen LogP contribution in [0.3, 0.4) is 0 Å². The van der Waals surface area contributed by atoms with E-state index >= 15 is 0 Å². The molecule has 0 aliphatic heterocycles. The van der Waals surface area contributed by atoms with Gasteiger partial charge in [-0.25, -0.2) is 0 Å². The molecule has 1 heteroatoms. The number of carbonyl (C=O) groups is 1. The summed E-state index contributed by atoms with van der Waals surface area (Å²) in [5.74, 6) is 1.13. The number of fused-ring (bicyclic) bond motifs is 1. The van der Waals surface area contributed by atoms with Crippen LogP contribution in [0.15, 0.2) is 42.5 Å². The molecule has 0 atom stereocenters. The van der Waals surface area contributed by atoms with Crippen molar-refractivity contribution in [3.63, 3.8) is 0 Å². The van der Waals surface area contributed by atoms with Crippen molar-refractivity contribution in [2.75, 3.05) is 0 Å². The van der Waals surface area contributed by atoms with Crippen LogP contribution in [0, 0.1) is 5.92 Å². The van der Waals surface area contributed by atoms with Crippen molar-refractivity contribution in [3.05, 3.63) is 48.0 Å². The summed E-state index contributed by atoms with van der Waals surface area (Å²) in [4.78, 5) is 12.0. The van der Waals surface area contributed by atoms with Crippen LogP contribution in [-0.2, 0) is 0 Å². The molecule has 0 saturated heterocycles. The highest BCUT2D eigenvalue weighted by molar-refractivity contribution is 5.99. The molecular formula is C16H16O. The summed E-state index contributed by atoms with van der Waals surface area (Å²) in [5.41, 5.74) is 0.865. The Morgan fingerprint density at radius 1 is 1.06 bits per heavy atom. The number of carbonyl (C=O) groups excluding carboxylic acids is 1. The van der Waals surface area contributed by atoms with Gasteiger partial charge in [0.2, 0.25) is 0 Å². The Morgan fingerprint density at radius 2 is 1.82 bits per heavy atom. The Balaban J connectivity index is 1.81. The van der Waals surface area contributed by atoms with E-state index in [0.29, 0.717) is 12.2 Å². The summed E-state index contributed by atoms with van der Waals surface area (Å²) in [5, 5.41) is 2.36. The Kier molecular flexibility index (Phi) is 2.68. The Bertz CT molecular complexity index is 552. The maximum absolute atomic E-state index is 12.0. The molecule has 0 spiro atoms. The van der Waals surface area contributed by atoms with Gasteiger partial charge in [-0.2, -0.15) is 0 Å². The van der Waals surface area contributed by atoms with E-state index in [4.69, 9.17) is 0 Å². The fraction of sp³-hybridized carbons (Fsp3) is 0.312. The topological polar surface area (TPSA) is 17.1 Å². The number of hydrogen-bond donors (Lipinski definition) is 0. The smallest absolute Gasteiger partial charge is 0.162 e. The molecule has 0 bridgehead atoms. The second-order valence-electron chi connectivity index (χ2n) is 4.97. The number of Topliss-reactive ketones (excluding diaryl/α,β-unsaturated/α-hetero) is 1. The highest BCUT2D eigenvalue weighted by Crippen LogP contribution is 2.34. The van der Waals surface area contributed by atoms with Crippen molar-refractivity contribution in [1.82, 2.24) is 0 Å². The fourth-order valence-corrected chi connectivity index (χ4v) is 2.25. The van der Waals surface area contributed by atoms with Crippen molar-refractivity contribution >= 4 is 16.6 Å². The van der Waals surface area contributed by atoms with Gasteiger partial charge in [0, 0.05) is 12.0 Å². The van der Waals surface area contributed by atoms with Crippen molar-refractivity contribution < 1.29 is 4.79 Å². The Labute approximate surface area is 101 Å². The van der Waals surface area contributed by atoms with E-state index in [2.05, 4.69) is 12.1 Å². The van der Waals surface area contributed by atoms with Crippen LogP contribution < -0.4 is 0 Å². The molecule has 0 unspecified atom stereocenters. The number of ketones is 1. The minimum atomic E-state index is 0.294. The second kappa shape index (κ2) is 4.33. The third-order valence-corrected chi connectivity index (χ3v) is 3.55. The zero-order chi connectivity index (χ0) is 11.7. The molecule has 0 N–H and O–H groups in total. The van der Waals surface area contributed by atoms with Crippen molar-refractivity contribution in [2.24, 2.45) is 5.92 Å². The summed E-state index contributed by atoms with van der Waals surface area (Å²) in [6, 6.07) is 14.2. The summed E-state index contributed by atoms with van der Waals surface area (Å²) < 4.78 is 0. The first-order valence-corrected chi connectivity index (χ1v) is 6.35. The molecule has 1 fully saturated rings. The number of benzene rings is 2. The maximum Gasteiger partial charge on any atom is 0.162 e. The molecule has 1 saturated carbocycles. The van der Waals surface area contributed by atoms with Gasteiger partial charge in [0.05, 0.1) is 0 Å². The lowest BCUT2D eigenvalue weighted by atomic mass is 10.0. The monoisotopic (exact) mass is 224 g/mol. The SMILES string of the molecule is O=C(CCC1CC1)c1ccc2ccccc2c1. The predicted molar refractivity (Wildman–Crippen MR) is 70.2 cm³/mol. The van der Waals surface area contributed by atoms with E-state index < -0.39 is 0 Å². The summed E-state index contributed by atoms with van der Waals surface area (Å²) in [6.07, 6.45) is 4.44. The lowest BCUT2D eigenvalue weighted by Gasteiger charge is -2.03. The van der Waals surface area contributed by atoms with Gasteiger partial charge >= 0.3 is 0 Å². The van der Waals surface area contributed by atoms with Crippen LogP contribution in [0.5, 0.6) is 0 Å². The van der Waals surface area contributed by atoms with E-state index in [1.54, 1.807) is 0 Å². The lowest BCUT2D eigenvalue weighted by Crippen LogP contribution is -1.99.